The van der Waals surface area contributed by atoms with E-state index in [4.69, 9.17) is 4.74 Å². The minimum Gasteiger partial charge on any atom is -0.462 e. The van der Waals surface area contributed by atoms with E-state index >= 15 is 0 Å². The molecule has 4 heteroatoms. The van der Waals surface area contributed by atoms with E-state index in [9.17, 15) is 9.59 Å². The van der Waals surface area contributed by atoms with Crippen molar-refractivity contribution in [3.05, 3.63) is 12.7 Å². The number of allylic oxidation sites excluding steroid dienone is 1. The summed E-state index contributed by atoms with van der Waals surface area (Å²) in [4.78, 5) is 26.9. The predicted octanol–water partition coefficient (Wildman–Crippen LogP) is 1.11. The molecule has 1 aliphatic heterocycles. The Morgan fingerprint density at radius 2 is 2.33 bits per heavy atom. The predicted molar refractivity (Wildman–Crippen MR) is 54.4 cm³/mol. The molecule has 3 atom stereocenters. The summed E-state index contributed by atoms with van der Waals surface area (Å²) in [5, 5.41) is 0. The van der Waals surface area contributed by atoms with E-state index in [2.05, 4.69) is 11.6 Å². The van der Waals surface area contributed by atoms with Crippen molar-refractivity contribution in [2.75, 3.05) is 0 Å². The number of aliphatic imine (C=N–C) groups is 1. The van der Waals surface area contributed by atoms with E-state index in [0.29, 0.717) is 18.6 Å². The third-order valence-electron chi connectivity index (χ3n) is 3.00. The molecule has 3 unspecified atom stereocenters. The molecule has 1 aliphatic carbocycles. The van der Waals surface area contributed by atoms with Gasteiger partial charge < -0.3 is 4.74 Å². The van der Waals surface area contributed by atoms with E-state index in [0.717, 1.165) is 0 Å². The van der Waals surface area contributed by atoms with Gasteiger partial charge in [-0.1, -0.05) is 6.58 Å². The van der Waals surface area contributed by atoms with Gasteiger partial charge in [0, 0.05) is 5.71 Å². The molecule has 0 radical (unpaired) electrons. The minimum atomic E-state index is -0.272. The molecule has 0 aromatic carbocycles. The first-order valence-corrected chi connectivity index (χ1v) is 5.04. The van der Waals surface area contributed by atoms with Crippen LogP contribution in [0.1, 0.15) is 19.8 Å². The molecule has 2 bridgehead atoms. The third-order valence-corrected chi connectivity index (χ3v) is 3.00. The van der Waals surface area contributed by atoms with Gasteiger partial charge in [-0.05, 0) is 25.8 Å². The topological polar surface area (TPSA) is 55.7 Å². The molecule has 0 aromatic heterocycles. The van der Waals surface area contributed by atoms with Gasteiger partial charge >= 0.3 is 5.97 Å². The van der Waals surface area contributed by atoms with Gasteiger partial charge in [0.2, 0.25) is 5.91 Å². The Kier molecular flexibility index (Phi) is 2.42. The lowest BCUT2D eigenvalue weighted by Crippen LogP contribution is -2.28. The number of rotatable bonds is 2. The second-order valence-electron chi connectivity index (χ2n) is 4.04. The molecular formula is C11H13NO3. The van der Waals surface area contributed by atoms with E-state index in [1.807, 2.05) is 0 Å². The molecule has 15 heavy (non-hydrogen) atoms. The van der Waals surface area contributed by atoms with Crippen LogP contribution in [-0.2, 0) is 14.3 Å². The maximum atomic E-state index is 11.7. The van der Waals surface area contributed by atoms with Crippen LogP contribution in [-0.4, -0.2) is 23.7 Å². The fraction of sp³-hybridized carbons (Fsp3) is 0.545. The van der Waals surface area contributed by atoms with Crippen LogP contribution in [0.2, 0.25) is 0 Å². The SMILES string of the molecule is C=CC(C)=NC(=O)C1CC2CC1C(=O)O2. The highest BCUT2D eigenvalue weighted by atomic mass is 16.6. The van der Waals surface area contributed by atoms with Gasteiger partial charge in [0.05, 0.1) is 11.8 Å². The molecule has 1 saturated heterocycles. The number of carbonyl (C=O) groups excluding carboxylic acids is 2. The maximum Gasteiger partial charge on any atom is 0.310 e. The van der Waals surface area contributed by atoms with Crippen molar-refractivity contribution in [1.82, 2.24) is 0 Å². The van der Waals surface area contributed by atoms with Gasteiger partial charge in [-0.25, -0.2) is 4.99 Å². The summed E-state index contributed by atoms with van der Waals surface area (Å²) >= 11 is 0. The van der Waals surface area contributed by atoms with Crippen LogP contribution in [0.15, 0.2) is 17.6 Å². The van der Waals surface area contributed by atoms with Crippen molar-refractivity contribution in [1.29, 1.82) is 0 Å². The number of carbonyl (C=O) groups is 2. The standard InChI is InChI=1S/C11H13NO3/c1-3-6(2)12-10(13)8-4-7-5-9(8)11(14)15-7/h3,7-9H,1,4-5H2,2H3. The summed E-state index contributed by atoms with van der Waals surface area (Å²) in [6, 6.07) is 0. The molecule has 0 aromatic rings. The van der Waals surface area contributed by atoms with Crippen molar-refractivity contribution >= 4 is 17.6 Å². The zero-order valence-electron chi connectivity index (χ0n) is 8.60. The molecule has 80 valence electrons. The summed E-state index contributed by atoms with van der Waals surface area (Å²) < 4.78 is 5.01. The molecular weight excluding hydrogens is 194 g/mol. The lowest BCUT2D eigenvalue weighted by atomic mass is 9.95. The highest BCUT2D eigenvalue weighted by molar-refractivity contribution is 6.02. The Morgan fingerprint density at radius 3 is 2.87 bits per heavy atom. The molecule has 0 spiro atoms. The van der Waals surface area contributed by atoms with Crippen molar-refractivity contribution in [2.24, 2.45) is 16.8 Å². The summed E-state index contributed by atoms with van der Waals surface area (Å²) in [5.74, 6) is -0.984. The summed E-state index contributed by atoms with van der Waals surface area (Å²) in [7, 11) is 0. The number of hydrogen-bond acceptors (Lipinski definition) is 3. The first-order chi connectivity index (χ1) is 7.11. The van der Waals surface area contributed by atoms with E-state index in [-0.39, 0.29) is 29.8 Å². The average molecular weight is 207 g/mol. The molecule has 1 heterocycles. The summed E-state index contributed by atoms with van der Waals surface area (Å²) in [6.07, 6.45) is 2.78. The second-order valence-corrected chi connectivity index (χ2v) is 4.04. The fourth-order valence-corrected chi connectivity index (χ4v) is 2.17. The maximum absolute atomic E-state index is 11.7. The van der Waals surface area contributed by atoms with Crippen LogP contribution in [0, 0.1) is 11.8 Å². The lowest BCUT2D eigenvalue weighted by Gasteiger charge is -2.17. The van der Waals surface area contributed by atoms with Crippen LogP contribution >= 0.6 is 0 Å². The molecule has 1 saturated carbocycles. The fourth-order valence-electron chi connectivity index (χ4n) is 2.17. The zero-order valence-corrected chi connectivity index (χ0v) is 8.60. The summed E-state index contributed by atoms with van der Waals surface area (Å²) in [5.41, 5.74) is 0.594. The largest absolute Gasteiger partial charge is 0.462 e. The number of amides is 1. The highest BCUT2D eigenvalue weighted by Crippen LogP contribution is 2.41. The van der Waals surface area contributed by atoms with Gasteiger partial charge in [0.25, 0.3) is 0 Å². The van der Waals surface area contributed by atoms with Crippen molar-refractivity contribution in [3.63, 3.8) is 0 Å². The quantitative estimate of drug-likeness (QED) is 0.503. The van der Waals surface area contributed by atoms with E-state index in [1.165, 1.54) is 6.08 Å². The Hall–Kier alpha value is -1.45. The normalized spacial score (nSPS) is 34.1. The number of hydrogen-bond donors (Lipinski definition) is 0. The van der Waals surface area contributed by atoms with Crippen molar-refractivity contribution in [2.45, 2.75) is 25.9 Å². The summed E-state index contributed by atoms with van der Waals surface area (Å²) in [6.45, 7) is 5.25. The number of esters is 1. The van der Waals surface area contributed by atoms with Crippen LogP contribution in [0.25, 0.3) is 0 Å². The van der Waals surface area contributed by atoms with Crippen LogP contribution in [0.3, 0.4) is 0 Å². The van der Waals surface area contributed by atoms with Crippen molar-refractivity contribution in [3.8, 4) is 0 Å². The molecule has 2 fully saturated rings. The van der Waals surface area contributed by atoms with E-state index < -0.39 is 0 Å². The Morgan fingerprint density at radius 1 is 1.60 bits per heavy atom. The Bertz CT molecular complexity index is 359. The average Bonchev–Trinajstić information content (AvgIpc) is 2.75. The van der Waals surface area contributed by atoms with Crippen LogP contribution in [0.5, 0.6) is 0 Å². The van der Waals surface area contributed by atoms with Gasteiger partial charge in [-0.15, -0.1) is 0 Å². The van der Waals surface area contributed by atoms with Crippen LogP contribution in [0.4, 0.5) is 0 Å². The lowest BCUT2D eigenvalue weighted by molar-refractivity contribution is -0.152. The highest BCUT2D eigenvalue weighted by Gasteiger charge is 2.50. The first-order valence-electron chi connectivity index (χ1n) is 5.04. The molecule has 2 rings (SSSR count). The first kappa shape index (κ1) is 10.1. The molecule has 0 N–H and O–H groups in total. The van der Waals surface area contributed by atoms with Gasteiger partial charge in [-0.3, -0.25) is 9.59 Å². The second kappa shape index (κ2) is 3.61. The van der Waals surface area contributed by atoms with E-state index in [1.54, 1.807) is 6.92 Å². The third kappa shape index (κ3) is 1.71. The molecule has 2 aliphatic rings. The Labute approximate surface area is 88.0 Å². The van der Waals surface area contributed by atoms with Gasteiger partial charge in [0.15, 0.2) is 0 Å². The molecule has 1 amide bonds. The van der Waals surface area contributed by atoms with Crippen LogP contribution < -0.4 is 0 Å². The number of nitrogens with zero attached hydrogens (tertiary/aromatic N) is 1. The number of fused-ring (bicyclic) bond motifs is 2. The smallest absolute Gasteiger partial charge is 0.310 e. The minimum absolute atomic E-state index is 0.0595. The van der Waals surface area contributed by atoms with Crippen molar-refractivity contribution < 1.29 is 14.3 Å². The van der Waals surface area contributed by atoms with Gasteiger partial charge in [-0.2, -0.15) is 0 Å². The molecule has 4 nitrogen and oxygen atoms in total. The zero-order chi connectivity index (χ0) is 11.0. The Balaban J connectivity index is 2.10. The number of ether oxygens (including phenoxy) is 1. The monoisotopic (exact) mass is 207 g/mol. The van der Waals surface area contributed by atoms with Gasteiger partial charge in [0.1, 0.15) is 6.10 Å².